The topological polar surface area (TPSA) is 121 Å². The molecule has 0 saturated heterocycles. The van der Waals surface area contributed by atoms with Crippen molar-refractivity contribution in [2.24, 2.45) is 16.6 Å². The predicted octanol–water partition coefficient (Wildman–Crippen LogP) is 2.61. The van der Waals surface area contributed by atoms with Crippen LogP contribution in [0.25, 0.3) is 0 Å². The Morgan fingerprint density at radius 2 is 1.89 bits per heavy atom. The van der Waals surface area contributed by atoms with Gasteiger partial charge in [0.1, 0.15) is 17.5 Å². The molecule has 3 N–H and O–H groups in total. The smallest absolute Gasteiger partial charge is 0.437 e. The van der Waals surface area contributed by atoms with Crippen LogP contribution in [0.3, 0.4) is 0 Å². The fraction of sp³-hybridized carbons (Fsp3) is 0.684. The van der Waals surface area contributed by atoms with E-state index in [1.165, 1.54) is 0 Å². The molecule has 0 fully saturated rings. The summed E-state index contributed by atoms with van der Waals surface area (Å²) in [6, 6.07) is 0. The molecule has 0 aromatic carbocycles. The number of fused-ring (bicyclic) bond motifs is 1. The minimum Gasteiger partial charge on any atom is -0.444 e. The molecule has 1 atom stereocenters. The molecular weight excluding hydrogens is 362 g/mol. The van der Waals surface area contributed by atoms with E-state index >= 15 is 0 Å². The van der Waals surface area contributed by atoms with Crippen LogP contribution in [0, 0.1) is 5.92 Å². The van der Waals surface area contributed by atoms with Crippen molar-refractivity contribution in [1.82, 2.24) is 14.9 Å². The molecule has 1 aliphatic rings. The van der Waals surface area contributed by atoms with Crippen LogP contribution < -0.4 is 11.1 Å². The number of ether oxygens (including phenoxy) is 2. The number of carbonyl (C=O) groups excluding carboxylic acids is 2. The number of alkyl carbamates (subject to hydrolysis) is 1. The molecule has 2 rings (SSSR count). The summed E-state index contributed by atoms with van der Waals surface area (Å²) in [6.07, 6.45) is 2.45. The van der Waals surface area contributed by atoms with Gasteiger partial charge in [-0.1, -0.05) is 0 Å². The Kier molecular flexibility index (Phi) is 6.48. The second-order valence-electron chi connectivity index (χ2n) is 8.90. The SMILES string of the molecule is CC(C)(C)OC(=O)/N=C(/NC(=O)OC(C)(C)C)n1cnc2c1CC(CN)CC2. The number of amides is 2. The van der Waals surface area contributed by atoms with Gasteiger partial charge < -0.3 is 15.2 Å². The highest BCUT2D eigenvalue weighted by molar-refractivity contribution is 6.00. The Labute approximate surface area is 165 Å². The van der Waals surface area contributed by atoms with Gasteiger partial charge in [-0.2, -0.15) is 0 Å². The van der Waals surface area contributed by atoms with Crippen LogP contribution in [0.5, 0.6) is 0 Å². The molecule has 1 aliphatic carbocycles. The maximum Gasteiger partial charge on any atom is 0.437 e. The number of aromatic nitrogens is 2. The van der Waals surface area contributed by atoms with Gasteiger partial charge >= 0.3 is 12.2 Å². The minimum absolute atomic E-state index is 0.00470. The van der Waals surface area contributed by atoms with Gasteiger partial charge in [-0.05, 0) is 73.3 Å². The number of carbonyl (C=O) groups is 2. The van der Waals surface area contributed by atoms with Crippen molar-refractivity contribution in [1.29, 1.82) is 0 Å². The highest BCUT2D eigenvalue weighted by Gasteiger charge is 2.26. The molecule has 0 saturated carbocycles. The molecule has 0 aliphatic heterocycles. The summed E-state index contributed by atoms with van der Waals surface area (Å²) >= 11 is 0. The quantitative estimate of drug-likeness (QED) is 0.559. The van der Waals surface area contributed by atoms with E-state index in [2.05, 4.69) is 15.3 Å². The van der Waals surface area contributed by atoms with Gasteiger partial charge in [-0.3, -0.25) is 9.88 Å². The highest BCUT2D eigenvalue weighted by Crippen LogP contribution is 2.24. The third-order valence-corrected chi connectivity index (χ3v) is 3.99. The monoisotopic (exact) mass is 393 g/mol. The number of nitrogens with zero attached hydrogens (tertiary/aromatic N) is 3. The second kappa shape index (κ2) is 8.30. The number of imidazole rings is 1. The van der Waals surface area contributed by atoms with E-state index in [1.54, 1.807) is 52.4 Å². The fourth-order valence-electron chi connectivity index (χ4n) is 2.84. The maximum atomic E-state index is 12.3. The average molecular weight is 393 g/mol. The Bertz CT molecular complexity index is 755. The lowest BCUT2D eigenvalue weighted by Gasteiger charge is -2.23. The van der Waals surface area contributed by atoms with Crippen molar-refractivity contribution >= 4 is 18.1 Å². The van der Waals surface area contributed by atoms with Crippen LogP contribution >= 0.6 is 0 Å². The second-order valence-corrected chi connectivity index (χ2v) is 8.90. The van der Waals surface area contributed by atoms with Crippen molar-refractivity contribution in [2.75, 3.05) is 6.54 Å². The molecule has 0 bridgehead atoms. The zero-order chi connectivity index (χ0) is 21.1. The van der Waals surface area contributed by atoms with E-state index in [1.807, 2.05) is 0 Å². The lowest BCUT2D eigenvalue weighted by molar-refractivity contribution is 0.0560. The first-order valence-electron chi connectivity index (χ1n) is 9.45. The van der Waals surface area contributed by atoms with Crippen molar-refractivity contribution in [2.45, 2.75) is 72.0 Å². The Balaban J connectivity index is 2.35. The van der Waals surface area contributed by atoms with Gasteiger partial charge in [0.2, 0.25) is 5.96 Å². The summed E-state index contributed by atoms with van der Waals surface area (Å²) in [5.74, 6) is 0.308. The van der Waals surface area contributed by atoms with Crippen LogP contribution in [0.15, 0.2) is 11.3 Å². The van der Waals surface area contributed by atoms with E-state index in [0.717, 1.165) is 24.2 Å². The molecule has 0 spiro atoms. The van der Waals surface area contributed by atoms with E-state index < -0.39 is 23.4 Å². The molecule has 156 valence electrons. The molecule has 1 heterocycles. The minimum atomic E-state index is -0.813. The van der Waals surface area contributed by atoms with Crippen molar-refractivity contribution < 1.29 is 19.1 Å². The van der Waals surface area contributed by atoms with E-state index in [4.69, 9.17) is 15.2 Å². The van der Waals surface area contributed by atoms with Gasteiger partial charge in [0.25, 0.3) is 0 Å². The van der Waals surface area contributed by atoms with Crippen molar-refractivity contribution in [3.63, 3.8) is 0 Å². The average Bonchev–Trinajstić information content (AvgIpc) is 2.93. The Morgan fingerprint density at radius 1 is 1.25 bits per heavy atom. The van der Waals surface area contributed by atoms with Crippen LogP contribution in [0.4, 0.5) is 9.59 Å². The van der Waals surface area contributed by atoms with Gasteiger partial charge in [0, 0.05) is 5.69 Å². The normalized spacial score (nSPS) is 17.7. The lowest BCUT2D eigenvalue weighted by atomic mass is 9.90. The third kappa shape index (κ3) is 6.33. The standard InChI is InChI=1S/C19H31N5O4/c1-18(2,3)27-16(25)22-15(23-17(26)28-19(4,5)6)24-11-21-13-8-7-12(10-20)9-14(13)24/h11-12H,7-10,20H2,1-6H3,(H,22,23,25,26). The predicted molar refractivity (Wildman–Crippen MR) is 105 cm³/mol. The number of aryl methyl sites for hydroxylation is 1. The summed E-state index contributed by atoms with van der Waals surface area (Å²) in [7, 11) is 0. The van der Waals surface area contributed by atoms with Gasteiger partial charge in [-0.25, -0.2) is 14.6 Å². The van der Waals surface area contributed by atoms with Gasteiger partial charge in [-0.15, -0.1) is 4.99 Å². The molecule has 1 unspecified atom stereocenters. The van der Waals surface area contributed by atoms with Crippen LogP contribution in [-0.4, -0.2) is 45.4 Å². The number of hydrogen-bond acceptors (Lipinski definition) is 6. The molecule has 2 amide bonds. The fourth-order valence-corrected chi connectivity index (χ4v) is 2.84. The third-order valence-electron chi connectivity index (χ3n) is 3.99. The van der Waals surface area contributed by atoms with E-state index in [0.29, 0.717) is 18.9 Å². The number of nitrogens with one attached hydrogen (secondary N) is 1. The molecular formula is C19H31N5O4. The lowest BCUT2D eigenvalue weighted by Crippen LogP contribution is -2.41. The summed E-state index contributed by atoms with van der Waals surface area (Å²) in [5.41, 5.74) is 6.21. The number of rotatable bonds is 1. The first-order chi connectivity index (χ1) is 12.9. The number of aliphatic imine (C=N–C) groups is 1. The van der Waals surface area contributed by atoms with Crippen LogP contribution in [0.1, 0.15) is 59.4 Å². The summed E-state index contributed by atoms with van der Waals surface area (Å²) < 4.78 is 12.2. The first kappa shape index (κ1) is 21.9. The zero-order valence-electron chi connectivity index (χ0n) is 17.5. The Hall–Kier alpha value is -2.42. The molecule has 9 nitrogen and oxygen atoms in total. The molecule has 9 heteroatoms. The maximum absolute atomic E-state index is 12.3. The van der Waals surface area contributed by atoms with Crippen LogP contribution in [-0.2, 0) is 22.3 Å². The number of hydrogen-bond donors (Lipinski definition) is 2. The molecule has 28 heavy (non-hydrogen) atoms. The van der Waals surface area contributed by atoms with Gasteiger partial charge in [0.05, 0.1) is 5.69 Å². The van der Waals surface area contributed by atoms with Crippen LogP contribution in [0.2, 0.25) is 0 Å². The number of nitrogens with two attached hydrogens (primary N) is 1. The molecule has 0 radical (unpaired) electrons. The van der Waals surface area contributed by atoms with E-state index in [9.17, 15) is 9.59 Å². The summed E-state index contributed by atoms with van der Waals surface area (Å²) in [5, 5.41) is 2.56. The largest absolute Gasteiger partial charge is 0.444 e. The van der Waals surface area contributed by atoms with Gasteiger partial charge in [0.15, 0.2) is 0 Å². The Morgan fingerprint density at radius 3 is 2.46 bits per heavy atom. The zero-order valence-corrected chi connectivity index (χ0v) is 17.5. The summed E-state index contributed by atoms with van der Waals surface area (Å²) in [4.78, 5) is 32.9. The first-order valence-corrected chi connectivity index (χ1v) is 9.45. The molecule has 1 aromatic heterocycles. The van der Waals surface area contributed by atoms with E-state index in [-0.39, 0.29) is 5.96 Å². The van der Waals surface area contributed by atoms with Crippen molar-refractivity contribution in [3.8, 4) is 0 Å². The highest BCUT2D eigenvalue weighted by atomic mass is 16.6. The van der Waals surface area contributed by atoms with Crippen molar-refractivity contribution in [3.05, 3.63) is 17.7 Å². The summed E-state index contributed by atoms with van der Waals surface area (Å²) in [6.45, 7) is 11.0. The molecule has 1 aromatic rings.